The summed E-state index contributed by atoms with van der Waals surface area (Å²) in [5, 5.41) is 14.2. The van der Waals surface area contributed by atoms with Gasteiger partial charge >= 0.3 is 0 Å². The molecule has 3 heterocycles. The lowest BCUT2D eigenvalue weighted by Gasteiger charge is -2.26. The molecule has 166 valence electrons. The quantitative estimate of drug-likeness (QED) is 0.332. The van der Waals surface area contributed by atoms with E-state index in [1.807, 2.05) is 48.7 Å². The largest absolute Gasteiger partial charge is 0.503 e. The maximum atomic E-state index is 13.5. The van der Waals surface area contributed by atoms with E-state index in [0.717, 1.165) is 21.4 Å². The number of thiophene rings is 1. The van der Waals surface area contributed by atoms with E-state index in [2.05, 4.69) is 0 Å². The number of aryl methyl sites for hydroxylation is 1. The van der Waals surface area contributed by atoms with Crippen molar-refractivity contribution >= 4 is 45.6 Å². The van der Waals surface area contributed by atoms with E-state index in [0.29, 0.717) is 23.6 Å². The van der Waals surface area contributed by atoms with Gasteiger partial charge in [-0.1, -0.05) is 41.9 Å². The Labute approximate surface area is 199 Å². The number of Topliss-reactive ketones (excluding diaryl/α,β-unsaturated/α-hetero) is 1. The van der Waals surface area contributed by atoms with Crippen LogP contribution in [-0.4, -0.2) is 28.2 Å². The minimum Gasteiger partial charge on any atom is -0.503 e. The molecule has 1 N–H and O–H groups in total. The molecule has 2 aromatic heterocycles. The molecule has 0 spiro atoms. The van der Waals surface area contributed by atoms with Crippen LogP contribution in [0.1, 0.15) is 32.6 Å². The van der Waals surface area contributed by atoms with Gasteiger partial charge in [0.2, 0.25) is 5.78 Å². The van der Waals surface area contributed by atoms with Crippen molar-refractivity contribution in [2.75, 3.05) is 6.54 Å². The maximum absolute atomic E-state index is 13.5. The first-order valence-corrected chi connectivity index (χ1v) is 11.8. The molecule has 0 bridgehead atoms. The van der Waals surface area contributed by atoms with E-state index in [9.17, 15) is 14.7 Å². The summed E-state index contributed by atoms with van der Waals surface area (Å²) in [7, 11) is 0. The van der Waals surface area contributed by atoms with Crippen LogP contribution >= 0.6 is 22.9 Å². The number of aliphatic hydroxyl groups excluding tert-OH is 1. The molecule has 4 aromatic rings. The summed E-state index contributed by atoms with van der Waals surface area (Å²) in [5.41, 5.74) is 2.60. The maximum Gasteiger partial charge on any atom is 0.290 e. The fourth-order valence-corrected chi connectivity index (χ4v) is 5.35. The number of hydrogen-bond donors (Lipinski definition) is 1. The average Bonchev–Trinajstić information content (AvgIpc) is 3.50. The molecule has 0 saturated heterocycles. The highest BCUT2D eigenvalue weighted by molar-refractivity contribution is 7.10. The number of nitrogens with zero attached hydrogens (tertiary/aromatic N) is 1. The van der Waals surface area contributed by atoms with Gasteiger partial charge in [0.05, 0.1) is 5.57 Å². The minimum absolute atomic E-state index is 0.0562. The van der Waals surface area contributed by atoms with Crippen molar-refractivity contribution in [2.45, 2.75) is 19.4 Å². The number of fused-ring (bicyclic) bond motifs is 1. The van der Waals surface area contributed by atoms with Crippen LogP contribution in [0.2, 0.25) is 5.02 Å². The van der Waals surface area contributed by atoms with Crippen molar-refractivity contribution in [3.8, 4) is 0 Å². The zero-order valence-electron chi connectivity index (χ0n) is 17.7. The van der Waals surface area contributed by atoms with Crippen LogP contribution in [0.5, 0.6) is 0 Å². The van der Waals surface area contributed by atoms with Gasteiger partial charge in [-0.3, -0.25) is 9.59 Å². The molecule has 0 radical (unpaired) electrons. The molecule has 2 aromatic carbocycles. The van der Waals surface area contributed by atoms with E-state index in [4.69, 9.17) is 16.0 Å². The van der Waals surface area contributed by atoms with Crippen LogP contribution in [0.4, 0.5) is 0 Å². The van der Waals surface area contributed by atoms with Gasteiger partial charge in [-0.15, -0.1) is 11.3 Å². The van der Waals surface area contributed by atoms with E-state index >= 15 is 0 Å². The lowest BCUT2D eigenvalue weighted by atomic mass is 9.98. The fraction of sp³-hybridized carbons (Fsp3) is 0.154. The first kappa shape index (κ1) is 21.5. The Morgan fingerprint density at radius 1 is 1.15 bits per heavy atom. The Morgan fingerprint density at radius 2 is 1.91 bits per heavy atom. The minimum atomic E-state index is -0.675. The normalized spacial score (nSPS) is 16.2. The van der Waals surface area contributed by atoms with Crippen molar-refractivity contribution in [3.05, 3.63) is 104 Å². The predicted molar refractivity (Wildman–Crippen MR) is 129 cm³/mol. The summed E-state index contributed by atoms with van der Waals surface area (Å²) >= 11 is 7.44. The van der Waals surface area contributed by atoms with Crippen molar-refractivity contribution in [1.29, 1.82) is 0 Å². The topological polar surface area (TPSA) is 70.7 Å². The number of halogens is 1. The summed E-state index contributed by atoms with van der Waals surface area (Å²) in [5.74, 6) is -1.45. The summed E-state index contributed by atoms with van der Waals surface area (Å²) < 4.78 is 5.76. The highest BCUT2D eigenvalue weighted by Crippen LogP contribution is 2.42. The summed E-state index contributed by atoms with van der Waals surface area (Å²) in [4.78, 5) is 29.1. The molecule has 33 heavy (non-hydrogen) atoms. The van der Waals surface area contributed by atoms with Gasteiger partial charge in [-0.2, -0.15) is 0 Å². The second-order valence-corrected chi connectivity index (χ2v) is 9.37. The summed E-state index contributed by atoms with van der Waals surface area (Å²) in [6.07, 6.45) is 0.559. The molecule has 1 unspecified atom stereocenters. The SMILES string of the molecule is Cc1ccsc1C1C(C(=O)c2cc3ccccc3o2)=C(O)C(=O)N1CCc1ccc(Cl)cc1. The lowest BCUT2D eigenvalue weighted by molar-refractivity contribution is -0.129. The van der Waals surface area contributed by atoms with Crippen molar-refractivity contribution < 1.29 is 19.1 Å². The molecule has 5 rings (SSSR count). The van der Waals surface area contributed by atoms with Crippen LogP contribution in [0.15, 0.2) is 81.8 Å². The van der Waals surface area contributed by atoms with Crippen molar-refractivity contribution in [1.82, 2.24) is 4.90 Å². The predicted octanol–water partition coefficient (Wildman–Crippen LogP) is 6.28. The Morgan fingerprint density at radius 3 is 2.61 bits per heavy atom. The van der Waals surface area contributed by atoms with Crippen LogP contribution in [0, 0.1) is 6.92 Å². The average molecular weight is 478 g/mol. The van der Waals surface area contributed by atoms with E-state index < -0.39 is 23.5 Å². The Bertz CT molecular complexity index is 1370. The third-order valence-corrected chi connectivity index (χ3v) is 7.23. The van der Waals surface area contributed by atoms with Gasteiger partial charge in [-0.05, 0) is 60.2 Å². The molecule has 0 saturated carbocycles. The molecule has 5 nitrogen and oxygen atoms in total. The number of carbonyl (C=O) groups excluding carboxylic acids is 2. The number of hydrogen-bond acceptors (Lipinski definition) is 5. The second-order valence-electron chi connectivity index (χ2n) is 7.99. The van der Waals surface area contributed by atoms with Crippen LogP contribution in [0.25, 0.3) is 11.0 Å². The molecular weight excluding hydrogens is 458 g/mol. The highest BCUT2D eigenvalue weighted by Gasteiger charge is 2.45. The Kier molecular flexibility index (Phi) is 5.56. The third-order valence-electron chi connectivity index (χ3n) is 5.90. The summed E-state index contributed by atoms with van der Waals surface area (Å²) in [6.45, 7) is 2.27. The number of para-hydroxylation sites is 1. The number of rotatable bonds is 6. The fourth-order valence-electron chi connectivity index (χ4n) is 4.18. The van der Waals surface area contributed by atoms with E-state index in [1.54, 1.807) is 29.2 Å². The lowest BCUT2D eigenvalue weighted by Crippen LogP contribution is -2.33. The number of furan rings is 1. The van der Waals surface area contributed by atoms with Gasteiger partial charge in [0.15, 0.2) is 11.5 Å². The summed E-state index contributed by atoms with van der Waals surface area (Å²) in [6, 6.07) is 17.6. The monoisotopic (exact) mass is 477 g/mol. The molecule has 0 fully saturated rings. The van der Waals surface area contributed by atoms with Crippen LogP contribution < -0.4 is 0 Å². The Hall–Kier alpha value is -3.35. The van der Waals surface area contributed by atoms with Gasteiger partial charge in [0.1, 0.15) is 11.6 Å². The highest BCUT2D eigenvalue weighted by atomic mass is 35.5. The van der Waals surface area contributed by atoms with Gasteiger partial charge in [0.25, 0.3) is 5.91 Å². The second kappa shape index (κ2) is 8.54. The Balaban J connectivity index is 1.52. The van der Waals surface area contributed by atoms with E-state index in [-0.39, 0.29) is 11.3 Å². The number of benzene rings is 2. The number of aliphatic hydroxyl groups is 1. The van der Waals surface area contributed by atoms with Crippen LogP contribution in [0.3, 0.4) is 0 Å². The van der Waals surface area contributed by atoms with Crippen molar-refractivity contribution in [3.63, 3.8) is 0 Å². The number of amides is 1. The smallest absolute Gasteiger partial charge is 0.290 e. The number of carbonyl (C=O) groups is 2. The van der Waals surface area contributed by atoms with E-state index in [1.165, 1.54) is 11.3 Å². The molecule has 7 heteroatoms. The molecule has 1 aliphatic heterocycles. The zero-order valence-corrected chi connectivity index (χ0v) is 19.3. The third kappa shape index (κ3) is 3.86. The van der Waals surface area contributed by atoms with Gasteiger partial charge in [0, 0.05) is 21.8 Å². The van der Waals surface area contributed by atoms with Crippen LogP contribution in [-0.2, 0) is 11.2 Å². The number of ketones is 1. The zero-order chi connectivity index (χ0) is 23.1. The molecule has 1 atom stereocenters. The van der Waals surface area contributed by atoms with Gasteiger partial charge in [-0.25, -0.2) is 0 Å². The first-order chi connectivity index (χ1) is 15.9. The molecule has 0 aliphatic carbocycles. The molecule has 1 amide bonds. The van der Waals surface area contributed by atoms with Crippen molar-refractivity contribution in [2.24, 2.45) is 0 Å². The standard InChI is InChI=1S/C26H20ClNO4S/c1-15-11-13-33-25(15)22-21(23(29)20-14-17-4-2-3-5-19(17)32-20)24(30)26(31)28(22)12-10-16-6-8-18(27)9-7-16/h2-9,11,13-14,22,30H,10,12H2,1H3. The molecule has 1 aliphatic rings. The first-order valence-electron chi connectivity index (χ1n) is 10.5. The van der Waals surface area contributed by atoms with Gasteiger partial charge < -0.3 is 14.4 Å². The molecular formula is C26H20ClNO4S.